The van der Waals surface area contributed by atoms with Crippen molar-refractivity contribution in [3.8, 4) is 0 Å². The normalized spacial score (nSPS) is 10.6. The minimum Gasteiger partial charge on any atom is -0.465 e. The van der Waals surface area contributed by atoms with Gasteiger partial charge in [-0.05, 0) is 45.0 Å². The first-order valence-corrected chi connectivity index (χ1v) is 6.75. The summed E-state index contributed by atoms with van der Waals surface area (Å²) < 4.78 is 5.43. The van der Waals surface area contributed by atoms with Crippen molar-refractivity contribution in [2.24, 2.45) is 0 Å². The molecule has 2 N–H and O–H groups in total. The fourth-order valence-electron chi connectivity index (χ4n) is 1.96. The molecule has 1 aromatic heterocycles. The van der Waals surface area contributed by atoms with Crippen molar-refractivity contribution < 1.29 is 9.21 Å². The first-order valence-electron chi connectivity index (χ1n) is 6.75. The van der Waals surface area contributed by atoms with Crippen LogP contribution in [-0.2, 0) is 6.54 Å². The molecule has 0 fully saturated rings. The van der Waals surface area contributed by atoms with Crippen molar-refractivity contribution in [3.63, 3.8) is 0 Å². The zero-order valence-corrected chi connectivity index (χ0v) is 12.1. The summed E-state index contributed by atoms with van der Waals surface area (Å²) in [6, 6.07) is 11.5. The quantitative estimate of drug-likeness (QED) is 0.877. The molecule has 4 heteroatoms. The third-order valence-electron chi connectivity index (χ3n) is 2.84. The molecule has 4 nitrogen and oxygen atoms in total. The lowest BCUT2D eigenvalue weighted by Gasteiger charge is -2.14. The number of para-hydroxylation sites is 1. The van der Waals surface area contributed by atoms with Gasteiger partial charge >= 0.3 is 0 Å². The van der Waals surface area contributed by atoms with Crippen molar-refractivity contribution in [1.82, 2.24) is 5.32 Å². The molecule has 0 radical (unpaired) electrons. The third kappa shape index (κ3) is 3.63. The molecule has 0 saturated carbocycles. The smallest absolute Gasteiger partial charge is 0.253 e. The zero-order valence-electron chi connectivity index (χ0n) is 12.1. The van der Waals surface area contributed by atoms with Gasteiger partial charge in [0.05, 0.1) is 12.1 Å². The van der Waals surface area contributed by atoms with Crippen LogP contribution in [0.2, 0.25) is 0 Å². The van der Waals surface area contributed by atoms with E-state index in [4.69, 9.17) is 4.42 Å². The van der Waals surface area contributed by atoms with E-state index in [0.29, 0.717) is 12.1 Å². The number of hydrogen-bond donors (Lipinski definition) is 2. The fraction of sp³-hybridized carbons (Fsp3) is 0.312. The predicted molar refractivity (Wildman–Crippen MR) is 79.8 cm³/mol. The second kappa shape index (κ2) is 6.28. The molecule has 0 atom stereocenters. The number of hydrogen-bond acceptors (Lipinski definition) is 3. The lowest BCUT2D eigenvalue weighted by Crippen LogP contribution is -2.24. The van der Waals surface area contributed by atoms with Crippen LogP contribution < -0.4 is 10.6 Å². The second-order valence-electron chi connectivity index (χ2n) is 5.04. The highest BCUT2D eigenvalue weighted by atomic mass is 16.3. The summed E-state index contributed by atoms with van der Waals surface area (Å²) in [5.74, 6) is 1.49. The van der Waals surface area contributed by atoms with E-state index in [-0.39, 0.29) is 11.9 Å². The second-order valence-corrected chi connectivity index (χ2v) is 5.04. The Hall–Kier alpha value is -2.23. The summed E-state index contributed by atoms with van der Waals surface area (Å²) >= 11 is 0. The topological polar surface area (TPSA) is 54.3 Å². The number of nitrogens with one attached hydrogen (secondary N) is 2. The van der Waals surface area contributed by atoms with Crippen LogP contribution in [0.5, 0.6) is 0 Å². The lowest BCUT2D eigenvalue weighted by atomic mass is 10.1. The highest BCUT2D eigenvalue weighted by Crippen LogP contribution is 2.16. The van der Waals surface area contributed by atoms with Crippen LogP contribution in [0, 0.1) is 6.92 Å². The molecular formula is C16H20N2O2. The van der Waals surface area contributed by atoms with Crippen LogP contribution in [0.3, 0.4) is 0 Å². The van der Waals surface area contributed by atoms with Gasteiger partial charge in [-0.3, -0.25) is 4.79 Å². The predicted octanol–water partition coefficient (Wildman–Crippen LogP) is 3.34. The number of carbonyl (C=O) groups is 1. The van der Waals surface area contributed by atoms with Gasteiger partial charge < -0.3 is 15.1 Å². The molecule has 0 bridgehead atoms. The Morgan fingerprint density at radius 3 is 2.60 bits per heavy atom. The van der Waals surface area contributed by atoms with Crippen LogP contribution in [0.1, 0.15) is 35.7 Å². The number of anilines is 1. The van der Waals surface area contributed by atoms with Gasteiger partial charge in [0, 0.05) is 11.7 Å². The van der Waals surface area contributed by atoms with Gasteiger partial charge in [0.2, 0.25) is 0 Å². The number of aryl methyl sites for hydroxylation is 1. The first-order chi connectivity index (χ1) is 9.56. The van der Waals surface area contributed by atoms with E-state index in [2.05, 4.69) is 10.6 Å². The standard InChI is InChI=1S/C16H20N2O2/c1-11(2)18-15-7-5-4-6-14(15)16(19)17-10-13-9-8-12(3)20-13/h4-9,11,18H,10H2,1-3H3,(H,17,19). The molecule has 0 unspecified atom stereocenters. The van der Waals surface area contributed by atoms with E-state index in [9.17, 15) is 4.79 Å². The van der Waals surface area contributed by atoms with Crippen LogP contribution in [0.4, 0.5) is 5.69 Å². The van der Waals surface area contributed by atoms with E-state index in [0.717, 1.165) is 17.2 Å². The zero-order chi connectivity index (χ0) is 14.5. The average molecular weight is 272 g/mol. The molecule has 1 amide bonds. The molecule has 0 aliphatic heterocycles. The van der Waals surface area contributed by atoms with E-state index in [1.54, 1.807) is 0 Å². The highest BCUT2D eigenvalue weighted by molar-refractivity contribution is 5.99. The number of carbonyl (C=O) groups excluding carboxylic acids is 1. The average Bonchev–Trinajstić information content (AvgIpc) is 2.82. The van der Waals surface area contributed by atoms with Gasteiger partial charge in [-0.2, -0.15) is 0 Å². The van der Waals surface area contributed by atoms with Crippen LogP contribution >= 0.6 is 0 Å². The molecule has 20 heavy (non-hydrogen) atoms. The van der Waals surface area contributed by atoms with Crippen LogP contribution in [0.25, 0.3) is 0 Å². The summed E-state index contributed by atoms with van der Waals surface area (Å²) in [7, 11) is 0. The SMILES string of the molecule is Cc1ccc(CNC(=O)c2ccccc2NC(C)C)o1. The lowest BCUT2D eigenvalue weighted by molar-refractivity contribution is 0.0948. The van der Waals surface area contributed by atoms with Gasteiger partial charge in [0.25, 0.3) is 5.91 Å². The van der Waals surface area contributed by atoms with E-state index >= 15 is 0 Å². The summed E-state index contributed by atoms with van der Waals surface area (Å²) in [5, 5.41) is 6.14. The van der Waals surface area contributed by atoms with E-state index < -0.39 is 0 Å². The molecular weight excluding hydrogens is 252 g/mol. The maximum Gasteiger partial charge on any atom is 0.253 e. The first kappa shape index (κ1) is 14.2. The molecule has 0 spiro atoms. The van der Waals surface area contributed by atoms with Crippen LogP contribution in [0.15, 0.2) is 40.8 Å². The number of benzene rings is 1. The Kier molecular flexibility index (Phi) is 4.45. The number of furan rings is 1. The minimum absolute atomic E-state index is 0.109. The maximum absolute atomic E-state index is 12.2. The largest absolute Gasteiger partial charge is 0.465 e. The Labute approximate surface area is 119 Å². The molecule has 2 aromatic rings. The van der Waals surface area contributed by atoms with Gasteiger partial charge in [0.1, 0.15) is 11.5 Å². The Bertz CT molecular complexity index is 588. The van der Waals surface area contributed by atoms with Crippen LogP contribution in [-0.4, -0.2) is 11.9 Å². The molecule has 0 saturated heterocycles. The molecule has 1 aromatic carbocycles. The minimum atomic E-state index is -0.109. The fourth-order valence-corrected chi connectivity index (χ4v) is 1.96. The summed E-state index contributed by atoms with van der Waals surface area (Å²) in [4.78, 5) is 12.2. The van der Waals surface area contributed by atoms with Crippen molar-refractivity contribution >= 4 is 11.6 Å². The molecule has 2 rings (SSSR count). The molecule has 0 aliphatic rings. The third-order valence-corrected chi connectivity index (χ3v) is 2.84. The van der Waals surface area contributed by atoms with E-state index in [1.165, 1.54) is 0 Å². The Morgan fingerprint density at radius 1 is 1.20 bits per heavy atom. The van der Waals surface area contributed by atoms with E-state index in [1.807, 2.05) is 57.2 Å². The number of amides is 1. The maximum atomic E-state index is 12.2. The Morgan fingerprint density at radius 2 is 1.95 bits per heavy atom. The van der Waals surface area contributed by atoms with Gasteiger partial charge in [0.15, 0.2) is 0 Å². The van der Waals surface area contributed by atoms with Gasteiger partial charge in [-0.1, -0.05) is 12.1 Å². The summed E-state index contributed by atoms with van der Waals surface area (Å²) in [6.45, 7) is 6.36. The molecule has 1 heterocycles. The monoisotopic (exact) mass is 272 g/mol. The Balaban J connectivity index is 2.05. The van der Waals surface area contributed by atoms with Crippen molar-refractivity contribution in [3.05, 3.63) is 53.5 Å². The summed E-state index contributed by atoms with van der Waals surface area (Å²) in [6.07, 6.45) is 0. The van der Waals surface area contributed by atoms with Crippen molar-refractivity contribution in [1.29, 1.82) is 0 Å². The number of rotatable bonds is 5. The van der Waals surface area contributed by atoms with Crippen molar-refractivity contribution in [2.45, 2.75) is 33.4 Å². The van der Waals surface area contributed by atoms with Crippen molar-refractivity contribution in [2.75, 3.05) is 5.32 Å². The highest BCUT2D eigenvalue weighted by Gasteiger charge is 2.11. The van der Waals surface area contributed by atoms with Gasteiger partial charge in [-0.25, -0.2) is 0 Å². The summed E-state index contributed by atoms with van der Waals surface area (Å²) in [5.41, 5.74) is 1.49. The molecule has 106 valence electrons. The van der Waals surface area contributed by atoms with Gasteiger partial charge in [-0.15, -0.1) is 0 Å². The molecule has 0 aliphatic carbocycles.